The number of hydrogen-bond acceptors (Lipinski definition) is 7. The van der Waals surface area contributed by atoms with Crippen LogP contribution in [-0.2, 0) is 14.3 Å². The van der Waals surface area contributed by atoms with Crippen molar-refractivity contribution >= 4 is 29.2 Å². The Morgan fingerprint density at radius 3 is 2.40 bits per heavy atom. The van der Waals surface area contributed by atoms with Crippen molar-refractivity contribution in [1.29, 1.82) is 5.26 Å². The smallest absolute Gasteiger partial charge is 0.329 e. The average Bonchev–Trinajstić information content (AvgIpc) is 3.14. The largest absolute Gasteiger partial charge is 0.465 e. The van der Waals surface area contributed by atoms with Crippen LogP contribution in [0.4, 0.5) is 11.4 Å². The van der Waals surface area contributed by atoms with Crippen LogP contribution in [0.25, 0.3) is 6.08 Å². The molecule has 8 nitrogen and oxygen atoms in total. The Hall–Kier alpha value is -3.99. The predicted molar refractivity (Wildman–Crippen MR) is 131 cm³/mol. The van der Waals surface area contributed by atoms with Gasteiger partial charge in [0.15, 0.2) is 11.2 Å². The molecule has 8 heteroatoms. The van der Waals surface area contributed by atoms with Gasteiger partial charge in [0, 0.05) is 29.2 Å². The van der Waals surface area contributed by atoms with E-state index in [1.165, 1.54) is 24.3 Å². The fourth-order valence-corrected chi connectivity index (χ4v) is 5.24. The van der Waals surface area contributed by atoms with Gasteiger partial charge in [-0.2, -0.15) is 5.26 Å². The second-order valence-electron chi connectivity index (χ2n) is 9.86. The molecule has 4 rings (SSSR count). The van der Waals surface area contributed by atoms with E-state index < -0.39 is 39.7 Å². The molecule has 0 saturated carbocycles. The van der Waals surface area contributed by atoms with Gasteiger partial charge in [-0.3, -0.25) is 19.7 Å². The van der Waals surface area contributed by atoms with Crippen LogP contribution >= 0.6 is 0 Å². The second-order valence-corrected chi connectivity index (χ2v) is 9.86. The number of fused-ring (bicyclic) bond motifs is 3. The van der Waals surface area contributed by atoms with E-state index in [9.17, 15) is 25.0 Å². The number of Topliss-reactive ketones (excluding diaryl/α,β-unsaturated/α-hetero) is 1. The quantitative estimate of drug-likeness (QED) is 0.353. The van der Waals surface area contributed by atoms with Crippen LogP contribution in [0, 0.1) is 32.3 Å². The summed E-state index contributed by atoms with van der Waals surface area (Å²) in [7, 11) is 0. The van der Waals surface area contributed by atoms with Crippen molar-refractivity contribution < 1.29 is 19.2 Å². The van der Waals surface area contributed by atoms with E-state index in [0.29, 0.717) is 5.56 Å². The molecular weight excluding hydrogens is 446 g/mol. The molecule has 4 atom stereocenters. The number of ether oxygens (including phenoxy) is 1. The highest BCUT2D eigenvalue weighted by molar-refractivity contribution is 5.99. The van der Waals surface area contributed by atoms with Gasteiger partial charge in [0.1, 0.15) is 0 Å². The van der Waals surface area contributed by atoms with Crippen molar-refractivity contribution in [2.75, 3.05) is 11.5 Å². The van der Waals surface area contributed by atoms with E-state index in [-0.39, 0.29) is 18.1 Å². The Labute approximate surface area is 204 Å². The number of anilines is 1. The molecule has 2 heterocycles. The SMILES string of the molecule is CCOC(=O)[C@]1(C#N)[C@H](c2ccc([N+](=O)[O-])cc2)[C@@H](C(=O)C(C)(C)C)N2c3ccccc3C=C[C@@H]21. The van der Waals surface area contributed by atoms with Gasteiger partial charge < -0.3 is 9.64 Å². The molecule has 2 aromatic rings. The molecule has 0 unspecified atom stereocenters. The van der Waals surface area contributed by atoms with Crippen molar-refractivity contribution in [1.82, 2.24) is 0 Å². The van der Waals surface area contributed by atoms with Gasteiger partial charge in [-0.1, -0.05) is 63.3 Å². The monoisotopic (exact) mass is 473 g/mol. The number of nitro benzene ring substituents is 1. The Balaban J connectivity index is 2.04. The Morgan fingerprint density at radius 1 is 1.17 bits per heavy atom. The number of nitriles is 1. The zero-order valence-corrected chi connectivity index (χ0v) is 20.1. The molecule has 35 heavy (non-hydrogen) atoms. The molecule has 2 aliphatic heterocycles. The van der Waals surface area contributed by atoms with Gasteiger partial charge in [-0.25, -0.2) is 0 Å². The van der Waals surface area contributed by atoms with Crippen LogP contribution in [0.5, 0.6) is 0 Å². The maximum Gasteiger partial charge on any atom is 0.329 e. The first kappa shape index (κ1) is 24.1. The van der Waals surface area contributed by atoms with Crippen molar-refractivity contribution in [3.63, 3.8) is 0 Å². The summed E-state index contributed by atoms with van der Waals surface area (Å²) in [5, 5.41) is 21.9. The van der Waals surface area contributed by atoms with Gasteiger partial charge >= 0.3 is 5.97 Å². The van der Waals surface area contributed by atoms with Crippen LogP contribution in [0.15, 0.2) is 54.6 Å². The van der Waals surface area contributed by atoms with E-state index in [0.717, 1.165) is 11.3 Å². The average molecular weight is 474 g/mol. The van der Waals surface area contributed by atoms with E-state index in [1.807, 2.05) is 35.2 Å². The lowest BCUT2D eigenvalue weighted by atomic mass is 9.67. The van der Waals surface area contributed by atoms with Gasteiger partial charge in [-0.05, 0) is 24.1 Å². The van der Waals surface area contributed by atoms with Crippen LogP contribution in [0.1, 0.15) is 44.7 Å². The third-order valence-corrected chi connectivity index (χ3v) is 6.81. The number of ketones is 1. The van der Waals surface area contributed by atoms with Crippen LogP contribution < -0.4 is 4.90 Å². The van der Waals surface area contributed by atoms with E-state index in [1.54, 1.807) is 33.8 Å². The lowest BCUT2D eigenvalue weighted by molar-refractivity contribution is -0.384. The summed E-state index contributed by atoms with van der Waals surface area (Å²) in [6.45, 7) is 7.15. The molecule has 180 valence electrons. The third kappa shape index (κ3) is 3.68. The normalized spacial score (nSPS) is 24.8. The number of rotatable bonds is 5. The maximum absolute atomic E-state index is 14.0. The molecule has 0 N–H and O–H groups in total. The zero-order chi connectivity index (χ0) is 25.5. The summed E-state index contributed by atoms with van der Waals surface area (Å²) in [4.78, 5) is 40.3. The lowest BCUT2D eigenvalue weighted by Gasteiger charge is -2.37. The molecule has 0 bridgehead atoms. The van der Waals surface area contributed by atoms with Gasteiger partial charge in [0.05, 0.1) is 29.7 Å². The highest BCUT2D eigenvalue weighted by atomic mass is 16.6. The number of hydrogen-bond donors (Lipinski definition) is 0. The van der Waals surface area contributed by atoms with E-state index >= 15 is 0 Å². The zero-order valence-electron chi connectivity index (χ0n) is 20.1. The number of non-ortho nitro benzene ring substituents is 1. The number of para-hydroxylation sites is 1. The number of benzene rings is 2. The number of nitro groups is 1. The summed E-state index contributed by atoms with van der Waals surface area (Å²) in [6.07, 6.45) is 3.65. The molecule has 1 saturated heterocycles. The van der Waals surface area contributed by atoms with Crippen molar-refractivity contribution in [2.45, 2.75) is 45.7 Å². The highest BCUT2D eigenvalue weighted by Gasteiger charge is 2.67. The van der Waals surface area contributed by atoms with E-state index in [4.69, 9.17) is 4.74 Å². The van der Waals surface area contributed by atoms with Gasteiger partial charge in [0.25, 0.3) is 5.69 Å². The number of esters is 1. The summed E-state index contributed by atoms with van der Waals surface area (Å²) in [5.74, 6) is -1.77. The van der Waals surface area contributed by atoms with Crippen molar-refractivity contribution in [3.8, 4) is 6.07 Å². The van der Waals surface area contributed by atoms with Gasteiger partial charge in [0.2, 0.25) is 0 Å². The number of carbonyl (C=O) groups is 2. The lowest BCUT2D eigenvalue weighted by Crippen LogP contribution is -2.48. The van der Waals surface area contributed by atoms with Crippen molar-refractivity contribution in [3.05, 3.63) is 75.8 Å². The van der Waals surface area contributed by atoms with Crippen LogP contribution in [-0.4, -0.2) is 35.4 Å². The Kier molecular flexibility index (Phi) is 5.97. The molecule has 0 aromatic heterocycles. The summed E-state index contributed by atoms with van der Waals surface area (Å²) < 4.78 is 5.44. The Bertz CT molecular complexity index is 1250. The maximum atomic E-state index is 14.0. The molecule has 0 radical (unpaired) electrons. The first-order valence-electron chi connectivity index (χ1n) is 11.5. The van der Waals surface area contributed by atoms with Crippen molar-refractivity contribution in [2.24, 2.45) is 10.8 Å². The fourth-order valence-electron chi connectivity index (χ4n) is 5.24. The first-order chi connectivity index (χ1) is 16.6. The molecule has 2 aliphatic rings. The molecule has 2 aromatic carbocycles. The molecule has 0 spiro atoms. The molecular formula is C27H27N3O5. The summed E-state index contributed by atoms with van der Waals surface area (Å²) in [6, 6.07) is 13.9. The Morgan fingerprint density at radius 2 is 1.83 bits per heavy atom. The number of nitrogens with zero attached hydrogens (tertiary/aromatic N) is 3. The minimum absolute atomic E-state index is 0.0696. The van der Waals surface area contributed by atoms with Crippen LogP contribution in [0.3, 0.4) is 0 Å². The topological polar surface area (TPSA) is 114 Å². The fraction of sp³-hybridized carbons (Fsp3) is 0.370. The first-order valence-corrected chi connectivity index (χ1v) is 11.5. The minimum Gasteiger partial charge on any atom is -0.465 e. The number of carbonyl (C=O) groups excluding carboxylic acids is 2. The molecule has 0 aliphatic carbocycles. The van der Waals surface area contributed by atoms with Gasteiger partial charge in [-0.15, -0.1) is 0 Å². The molecule has 0 amide bonds. The highest BCUT2D eigenvalue weighted by Crippen LogP contribution is 2.57. The van der Waals surface area contributed by atoms with E-state index in [2.05, 4.69) is 6.07 Å². The minimum atomic E-state index is -1.75. The second kappa shape index (κ2) is 8.66. The predicted octanol–water partition coefficient (Wildman–Crippen LogP) is 4.65. The summed E-state index contributed by atoms with van der Waals surface area (Å²) >= 11 is 0. The van der Waals surface area contributed by atoms with Crippen LogP contribution in [0.2, 0.25) is 0 Å². The summed E-state index contributed by atoms with van der Waals surface area (Å²) in [5.41, 5.74) is -0.543. The molecule has 1 fully saturated rings. The standard InChI is InChI=1S/C27H27N3O5/c1-5-35-25(32)27(16-28)21-15-12-17-8-6-7-9-20(17)29(21)23(24(31)26(2,3)4)22(27)18-10-13-19(14-11-18)30(33)34/h6-15,21-23H,5H2,1-4H3/t21-,22-,23+,27+/m1/s1. The third-order valence-electron chi connectivity index (χ3n) is 6.81.